The maximum atomic E-state index is 12.7. The number of nitrogens with one attached hydrogen (secondary N) is 2. The number of carbonyl (C=O) groups excluding carboxylic acids is 1. The van der Waals surface area contributed by atoms with Gasteiger partial charge in [-0.25, -0.2) is 0 Å². The number of nitrogens with zero attached hydrogens (tertiary/aromatic N) is 1. The summed E-state index contributed by atoms with van der Waals surface area (Å²) in [6.45, 7) is 11.3. The summed E-state index contributed by atoms with van der Waals surface area (Å²) >= 11 is 0. The second-order valence-corrected chi connectivity index (χ2v) is 8.10. The first-order valence-electron chi connectivity index (χ1n) is 10.3. The second-order valence-electron chi connectivity index (χ2n) is 8.10. The van der Waals surface area contributed by atoms with E-state index in [1.807, 2.05) is 24.8 Å². The van der Waals surface area contributed by atoms with Gasteiger partial charge in [0.15, 0.2) is 18.0 Å². The maximum Gasteiger partial charge on any atom is 0.277 e. The molecule has 0 bridgehead atoms. The summed E-state index contributed by atoms with van der Waals surface area (Å²) in [6, 6.07) is 6.14. The van der Waals surface area contributed by atoms with Crippen molar-refractivity contribution in [2.75, 3.05) is 60.0 Å². The molecular weight excluding hydrogens is 358 g/mol. The standard InChI is InChI=1S/C21H33N3O4/c1-16-12-24(13-17(2)28-16)21(25)15-23-9-7-22(8-10-23)14-18-5-6-19(26-3)20(11-18)27-4/h5-6,11,16-17H,7-10,12-15H2,1-4H3/p+2/t16-,17-/m0/s1. The molecule has 0 aliphatic carbocycles. The van der Waals surface area contributed by atoms with Gasteiger partial charge in [-0.2, -0.15) is 0 Å². The summed E-state index contributed by atoms with van der Waals surface area (Å²) in [5.41, 5.74) is 1.25. The summed E-state index contributed by atoms with van der Waals surface area (Å²) in [4.78, 5) is 17.6. The molecule has 0 aromatic heterocycles. The van der Waals surface area contributed by atoms with Crippen molar-refractivity contribution in [3.63, 3.8) is 0 Å². The summed E-state index contributed by atoms with van der Waals surface area (Å²) in [7, 11) is 3.33. The first-order chi connectivity index (χ1) is 13.5. The molecule has 0 saturated carbocycles. The highest BCUT2D eigenvalue weighted by Crippen LogP contribution is 2.27. The molecule has 2 N–H and O–H groups in total. The van der Waals surface area contributed by atoms with E-state index in [4.69, 9.17) is 14.2 Å². The molecule has 2 aliphatic rings. The zero-order valence-electron chi connectivity index (χ0n) is 17.6. The van der Waals surface area contributed by atoms with E-state index >= 15 is 0 Å². The Morgan fingerprint density at radius 1 is 1.04 bits per heavy atom. The molecule has 7 heteroatoms. The number of rotatable bonds is 6. The monoisotopic (exact) mass is 393 g/mol. The number of hydrogen-bond acceptors (Lipinski definition) is 4. The third-order valence-corrected chi connectivity index (χ3v) is 5.74. The highest BCUT2D eigenvalue weighted by molar-refractivity contribution is 5.77. The third kappa shape index (κ3) is 5.37. The highest BCUT2D eigenvalue weighted by atomic mass is 16.5. The molecule has 0 unspecified atom stereocenters. The molecule has 0 radical (unpaired) electrons. The molecule has 3 rings (SSSR count). The Kier molecular flexibility index (Phi) is 7.15. The Labute approximate surface area is 168 Å². The van der Waals surface area contributed by atoms with Crippen LogP contribution in [0, 0.1) is 0 Å². The first-order valence-corrected chi connectivity index (χ1v) is 10.3. The van der Waals surface area contributed by atoms with Crippen LogP contribution in [-0.2, 0) is 16.1 Å². The average molecular weight is 394 g/mol. The Morgan fingerprint density at radius 3 is 2.25 bits per heavy atom. The Hall–Kier alpha value is -1.83. The van der Waals surface area contributed by atoms with Gasteiger partial charge in [0.05, 0.1) is 26.4 Å². The number of quaternary nitrogens is 2. The first kappa shape index (κ1) is 20.9. The van der Waals surface area contributed by atoms with Crippen molar-refractivity contribution in [3.8, 4) is 11.5 Å². The molecule has 1 amide bonds. The molecule has 0 spiro atoms. The van der Waals surface area contributed by atoms with E-state index in [9.17, 15) is 4.79 Å². The summed E-state index contributed by atoms with van der Waals surface area (Å²) in [5, 5.41) is 0. The van der Waals surface area contributed by atoms with Crippen LogP contribution in [0.25, 0.3) is 0 Å². The van der Waals surface area contributed by atoms with E-state index in [0.717, 1.165) is 44.2 Å². The van der Waals surface area contributed by atoms with E-state index < -0.39 is 0 Å². The summed E-state index contributed by atoms with van der Waals surface area (Å²) < 4.78 is 16.5. The molecule has 2 heterocycles. The quantitative estimate of drug-likeness (QED) is 0.626. The lowest BCUT2D eigenvalue weighted by Gasteiger charge is -2.36. The van der Waals surface area contributed by atoms with Crippen LogP contribution in [0.3, 0.4) is 0 Å². The van der Waals surface area contributed by atoms with E-state index in [0.29, 0.717) is 19.6 Å². The highest BCUT2D eigenvalue weighted by Gasteiger charge is 2.30. The van der Waals surface area contributed by atoms with Gasteiger partial charge >= 0.3 is 0 Å². The van der Waals surface area contributed by atoms with Crippen LogP contribution in [0.4, 0.5) is 0 Å². The number of benzene rings is 1. The van der Waals surface area contributed by atoms with Gasteiger partial charge in [-0.1, -0.05) is 0 Å². The van der Waals surface area contributed by atoms with Crippen molar-refractivity contribution in [3.05, 3.63) is 23.8 Å². The SMILES string of the molecule is COc1ccc(C[NH+]2CC[NH+](CC(=O)N3C[C@H](C)O[C@@H](C)C3)CC2)cc1OC. The molecule has 1 aromatic carbocycles. The van der Waals surface area contributed by atoms with Gasteiger partial charge < -0.3 is 28.9 Å². The Bertz CT molecular complexity index is 651. The van der Waals surface area contributed by atoms with Crippen molar-refractivity contribution < 1.29 is 28.8 Å². The minimum absolute atomic E-state index is 0.130. The topological polar surface area (TPSA) is 56.9 Å². The van der Waals surface area contributed by atoms with Crippen molar-refractivity contribution in [2.45, 2.75) is 32.6 Å². The molecule has 28 heavy (non-hydrogen) atoms. The molecule has 2 atom stereocenters. The number of hydrogen-bond donors (Lipinski definition) is 2. The fourth-order valence-electron chi connectivity index (χ4n) is 4.30. The summed E-state index contributed by atoms with van der Waals surface area (Å²) in [6.07, 6.45) is 0.260. The van der Waals surface area contributed by atoms with E-state index in [1.165, 1.54) is 10.5 Å². The van der Waals surface area contributed by atoms with Gasteiger partial charge in [0, 0.05) is 18.7 Å². The minimum atomic E-state index is 0.130. The molecule has 1 aromatic rings. The van der Waals surface area contributed by atoms with Gasteiger partial charge in [-0.15, -0.1) is 0 Å². The summed E-state index contributed by atoms with van der Waals surface area (Å²) in [5.74, 6) is 1.81. The van der Waals surface area contributed by atoms with Crippen molar-refractivity contribution in [2.24, 2.45) is 0 Å². The van der Waals surface area contributed by atoms with Gasteiger partial charge in [-0.3, -0.25) is 4.79 Å². The van der Waals surface area contributed by atoms with Gasteiger partial charge in [0.1, 0.15) is 32.7 Å². The Morgan fingerprint density at radius 2 is 1.64 bits per heavy atom. The van der Waals surface area contributed by atoms with Crippen LogP contribution in [0.2, 0.25) is 0 Å². The number of ether oxygens (including phenoxy) is 3. The van der Waals surface area contributed by atoms with E-state index in [2.05, 4.69) is 12.1 Å². The molecule has 7 nitrogen and oxygen atoms in total. The van der Waals surface area contributed by atoms with Crippen molar-refractivity contribution >= 4 is 5.91 Å². The van der Waals surface area contributed by atoms with Crippen LogP contribution in [0.15, 0.2) is 18.2 Å². The van der Waals surface area contributed by atoms with Crippen molar-refractivity contribution in [1.29, 1.82) is 0 Å². The van der Waals surface area contributed by atoms with Gasteiger partial charge in [-0.05, 0) is 32.0 Å². The zero-order chi connectivity index (χ0) is 20.1. The smallest absolute Gasteiger partial charge is 0.277 e. The van der Waals surface area contributed by atoms with Crippen molar-refractivity contribution in [1.82, 2.24) is 4.90 Å². The van der Waals surface area contributed by atoms with Gasteiger partial charge in [0.25, 0.3) is 5.91 Å². The van der Waals surface area contributed by atoms with Gasteiger partial charge in [0.2, 0.25) is 0 Å². The van der Waals surface area contributed by atoms with Crippen LogP contribution in [-0.4, -0.2) is 83.0 Å². The van der Waals surface area contributed by atoms with Crippen LogP contribution < -0.4 is 19.3 Å². The van der Waals surface area contributed by atoms with E-state index in [1.54, 1.807) is 19.1 Å². The molecule has 2 fully saturated rings. The van der Waals surface area contributed by atoms with E-state index in [-0.39, 0.29) is 18.1 Å². The normalized spacial score (nSPS) is 28.1. The minimum Gasteiger partial charge on any atom is -0.493 e. The number of amides is 1. The Balaban J connectivity index is 1.46. The van der Waals surface area contributed by atoms with Crippen LogP contribution in [0.1, 0.15) is 19.4 Å². The number of piperazine rings is 1. The fourth-order valence-corrected chi connectivity index (χ4v) is 4.30. The third-order valence-electron chi connectivity index (χ3n) is 5.74. The fraction of sp³-hybridized carbons (Fsp3) is 0.667. The predicted molar refractivity (Wildman–Crippen MR) is 106 cm³/mol. The zero-order valence-corrected chi connectivity index (χ0v) is 17.6. The largest absolute Gasteiger partial charge is 0.493 e. The lowest BCUT2D eigenvalue weighted by molar-refractivity contribution is -1.02. The number of carbonyl (C=O) groups is 1. The number of morpholine rings is 1. The molecule has 156 valence electrons. The lowest BCUT2D eigenvalue weighted by Crippen LogP contribution is -3.28. The lowest BCUT2D eigenvalue weighted by atomic mass is 10.1. The maximum absolute atomic E-state index is 12.7. The van der Waals surface area contributed by atoms with Crippen LogP contribution >= 0.6 is 0 Å². The second kappa shape index (κ2) is 9.58. The predicted octanol–water partition coefficient (Wildman–Crippen LogP) is -1.38. The molecule has 2 aliphatic heterocycles. The number of methoxy groups -OCH3 is 2. The molecular formula is C21H35N3O4+2. The van der Waals surface area contributed by atoms with Crippen LogP contribution in [0.5, 0.6) is 11.5 Å². The average Bonchev–Trinajstić information content (AvgIpc) is 2.68. The molecule has 2 saturated heterocycles.